The Hall–Kier alpha value is -3.78. The van der Waals surface area contributed by atoms with Gasteiger partial charge >= 0.3 is 490 Å². The van der Waals surface area contributed by atoms with Gasteiger partial charge in [-0.3, -0.25) is 0 Å². The topological polar surface area (TPSA) is 65.6 Å². The molecule has 15 heteroatoms. The van der Waals surface area contributed by atoms with Crippen LogP contribution in [0.1, 0.15) is 106 Å². The number of aryl methyl sites for hydroxylation is 12. The van der Waals surface area contributed by atoms with Crippen molar-refractivity contribution >= 4 is 79.6 Å². The first-order valence-electron chi connectivity index (χ1n) is 26.2. The van der Waals surface area contributed by atoms with Crippen LogP contribution in [0.2, 0.25) is 0 Å². The molecule has 0 bridgehead atoms. The number of benzene rings is 6. The first-order valence-corrected chi connectivity index (χ1v) is 38.4. The van der Waals surface area contributed by atoms with Gasteiger partial charge in [-0.05, 0) is 0 Å². The fourth-order valence-electron chi connectivity index (χ4n) is 12.4. The quantitative estimate of drug-likeness (QED) is 0.1000. The first-order chi connectivity index (χ1) is 36.2. The molecule has 2 saturated heterocycles. The minimum absolute atomic E-state index is 0.0724. The van der Waals surface area contributed by atoms with Crippen molar-refractivity contribution in [3.63, 3.8) is 0 Å². The zero-order valence-electron chi connectivity index (χ0n) is 47.3. The minimum atomic E-state index is -4.31. The zero-order valence-corrected chi connectivity index (χ0v) is 54.6. The van der Waals surface area contributed by atoms with Crippen LogP contribution in [0, 0.1) is 83.1 Å². The van der Waals surface area contributed by atoms with E-state index in [1.54, 1.807) is 36.4 Å². The van der Waals surface area contributed by atoms with Crippen LogP contribution >= 0.6 is 38.8 Å². The van der Waals surface area contributed by atoms with Crippen molar-refractivity contribution in [3.8, 4) is 11.5 Å². The van der Waals surface area contributed by atoms with Gasteiger partial charge in [-0.15, -0.1) is 0 Å². The van der Waals surface area contributed by atoms with Crippen LogP contribution in [-0.4, -0.2) is 67.3 Å². The number of anilines is 4. The van der Waals surface area contributed by atoms with Crippen LogP contribution in [0.15, 0.2) is 94.7 Å². The van der Waals surface area contributed by atoms with Crippen LogP contribution in [0.4, 0.5) is 22.7 Å². The third kappa shape index (κ3) is 12.0. The van der Waals surface area contributed by atoms with Crippen molar-refractivity contribution in [1.29, 1.82) is 0 Å². The normalized spacial score (nSPS) is 14.9. The van der Waals surface area contributed by atoms with E-state index in [-0.39, 0.29) is 22.0 Å². The van der Waals surface area contributed by atoms with Gasteiger partial charge in [0.25, 0.3) is 0 Å². The van der Waals surface area contributed by atoms with E-state index >= 15 is 8.42 Å². The van der Waals surface area contributed by atoms with Crippen LogP contribution in [0.25, 0.3) is 0 Å². The van der Waals surface area contributed by atoms with Gasteiger partial charge in [-0.2, -0.15) is 0 Å². The van der Waals surface area contributed by atoms with Crippen LogP contribution in [0.5, 0.6) is 11.5 Å². The molecule has 0 aromatic heterocycles. The van der Waals surface area contributed by atoms with E-state index < -0.39 is 49.2 Å². The Morgan fingerprint density at radius 3 is 0.870 bits per heavy atom. The summed E-state index contributed by atoms with van der Waals surface area (Å²) in [5, 5.41) is 0. The van der Waals surface area contributed by atoms with Crippen LogP contribution in [0.3, 0.4) is 0 Å². The Balaban J connectivity index is 1.35. The molecule has 0 saturated carbocycles. The summed E-state index contributed by atoms with van der Waals surface area (Å²) in [5.41, 5.74) is 19.3. The summed E-state index contributed by atoms with van der Waals surface area (Å²) in [6.07, 6.45) is -1.43. The van der Waals surface area contributed by atoms with Crippen LogP contribution < -0.4 is 29.1 Å². The molecule has 0 aliphatic carbocycles. The predicted molar refractivity (Wildman–Crippen MR) is 321 cm³/mol. The number of halogens is 4. The van der Waals surface area contributed by atoms with Crippen molar-refractivity contribution in [3.05, 3.63) is 163 Å². The summed E-state index contributed by atoms with van der Waals surface area (Å²) in [5.74, 6) is 1.02. The summed E-state index contributed by atoms with van der Waals surface area (Å²) in [6, 6.07) is 28.0. The van der Waals surface area contributed by atoms with Gasteiger partial charge < -0.3 is 0 Å². The number of hydrogen-bond acceptors (Lipinski definition) is 8. The molecule has 0 spiro atoms. The number of ether oxygens (including phenoxy) is 2. The molecule has 0 atom stereocenters. The van der Waals surface area contributed by atoms with Gasteiger partial charge in [0, 0.05) is 0 Å². The molecule has 2 heterocycles. The zero-order chi connectivity index (χ0) is 56.3. The van der Waals surface area contributed by atoms with Crippen molar-refractivity contribution in [2.75, 3.05) is 45.8 Å². The van der Waals surface area contributed by atoms with Crippen molar-refractivity contribution in [1.82, 2.24) is 0 Å². The second-order valence-corrected chi connectivity index (χ2v) is 35.3. The van der Waals surface area contributed by atoms with E-state index in [1.807, 2.05) is 27.7 Å². The van der Waals surface area contributed by atoms with Gasteiger partial charge in [0.2, 0.25) is 0 Å². The molecule has 2 aliphatic heterocycles. The van der Waals surface area contributed by atoms with Crippen LogP contribution in [-0.2, 0) is 36.9 Å². The Bertz CT molecular complexity index is 3040. The Kier molecular flexibility index (Phi) is 18.3. The first kappa shape index (κ1) is 59.3. The standard InChI is InChI=1S/C62H74N4O4S.4ClH.2Ru/c1-37(2)69-55-19-17-53(33-51(55)35-57-63(59-43(9)25-39(5)26-44(59)10)21-22-64(57)60-45(11)27-40(6)28-46(60)12)71(67,68)54-18-20-56(70-38(3)4)52(34-54)36-58-65(61-47(13)29-41(7)30-48(61)14)23-24-66(58)62-49(15)31-42(8)32-50(62)16;;;;;;/h17-20,25-34,37-38,57-58H,21-24H2,1-16H3;4*1H;;/q;;;;;2*+2/p-4. The molecule has 0 amide bonds. The molecule has 8 nitrogen and oxygen atoms in total. The van der Waals surface area contributed by atoms with Crippen molar-refractivity contribution in [2.24, 2.45) is 0 Å². The molecular formula is C62H74Cl4N4O4Ru2S. The second-order valence-electron chi connectivity index (χ2n) is 21.7. The second kappa shape index (κ2) is 23.7. The summed E-state index contributed by atoms with van der Waals surface area (Å²) < 4.78 is 46.4. The Morgan fingerprint density at radius 2 is 0.662 bits per heavy atom. The molecule has 0 N–H and O–H groups in total. The van der Waals surface area contributed by atoms with E-state index in [0.29, 0.717) is 48.8 Å². The Morgan fingerprint density at radius 1 is 0.429 bits per heavy atom. The molecule has 2 aliphatic rings. The molecule has 8 rings (SSSR count). The SMILES string of the molecule is Cc1cc(C)c(N2CCN(c3c(C)cc(C)cc3C)C2[C](c2cc(S(=O)(=O)c3ccc(OC(C)C)c([C](C4N(c5c(C)cc(C)cc5C)CCN4c4c(C)cc(C)cc4C)=[Ru]([Cl])[Cl])c3)ccc2OC(C)C)=[Ru]([Cl])[Cl])c(C)c1. The van der Waals surface area contributed by atoms with E-state index in [9.17, 15) is 0 Å². The number of hydrogen-bond donors (Lipinski definition) is 0. The number of rotatable bonds is 14. The van der Waals surface area contributed by atoms with Gasteiger partial charge in [-0.1, -0.05) is 0 Å². The average molecular weight is 1320 g/mol. The third-order valence-electron chi connectivity index (χ3n) is 14.5. The van der Waals surface area contributed by atoms with Crippen molar-refractivity contribution in [2.45, 2.75) is 145 Å². The van der Waals surface area contributed by atoms with E-state index in [0.717, 1.165) is 75.5 Å². The Labute approximate surface area is 485 Å². The van der Waals surface area contributed by atoms with Gasteiger partial charge in [0.1, 0.15) is 0 Å². The molecule has 6 aromatic rings. The van der Waals surface area contributed by atoms with Crippen molar-refractivity contribution < 1.29 is 44.9 Å². The fourth-order valence-corrected chi connectivity index (χ4v) is 20.2. The van der Waals surface area contributed by atoms with Gasteiger partial charge in [0.15, 0.2) is 0 Å². The van der Waals surface area contributed by atoms with E-state index in [2.05, 4.69) is 151 Å². The molecule has 0 unspecified atom stereocenters. The summed E-state index contributed by atoms with van der Waals surface area (Å²) in [4.78, 5) is 9.79. The van der Waals surface area contributed by atoms with Gasteiger partial charge in [-0.25, -0.2) is 0 Å². The predicted octanol–water partition coefficient (Wildman–Crippen LogP) is 15.4. The monoisotopic (exact) mass is 1310 g/mol. The molecule has 2 fully saturated rings. The number of sulfone groups is 1. The average Bonchev–Trinajstić information content (AvgIpc) is 3.90. The van der Waals surface area contributed by atoms with Gasteiger partial charge in [0.05, 0.1) is 0 Å². The molecule has 77 heavy (non-hydrogen) atoms. The number of nitrogens with zero attached hydrogens (tertiary/aromatic N) is 4. The fraction of sp³-hybridized carbons (Fsp3) is 0.387. The molecular weight excluding hydrogens is 1240 g/mol. The maximum atomic E-state index is 15.8. The maximum absolute atomic E-state index is 15.8. The molecule has 6 aromatic carbocycles. The molecule has 416 valence electrons. The van der Waals surface area contributed by atoms with E-state index in [4.69, 9.17) is 48.2 Å². The summed E-state index contributed by atoms with van der Waals surface area (Å²) >= 11 is -5.91. The molecule has 0 radical (unpaired) electrons. The summed E-state index contributed by atoms with van der Waals surface area (Å²) in [7, 11) is 25.7. The summed E-state index contributed by atoms with van der Waals surface area (Å²) in [6.45, 7) is 36.3. The van der Waals surface area contributed by atoms with E-state index in [1.165, 1.54) is 22.3 Å². The third-order valence-corrected chi connectivity index (χ3v) is 22.9.